The summed E-state index contributed by atoms with van der Waals surface area (Å²) < 4.78 is 0. The molecular formula is C19H25N5O2S. The van der Waals surface area contributed by atoms with Crippen LogP contribution >= 0.6 is 11.3 Å². The summed E-state index contributed by atoms with van der Waals surface area (Å²) in [6.07, 6.45) is 3.08. The molecule has 8 heteroatoms. The van der Waals surface area contributed by atoms with Gasteiger partial charge in [0, 0.05) is 42.1 Å². The second kappa shape index (κ2) is 8.96. The van der Waals surface area contributed by atoms with Gasteiger partial charge in [-0.15, -0.1) is 16.4 Å². The van der Waals surface area contributed by atoms with Crippen LogP contribution in [0.25, 0.3) is 11.3 Å². The van der Waals surface area contributed by atoms with E-state index < -0.39 is 0 Å². The number of hydrogen-bond acceptors (Lipinski definition) is 7. The minimum atomic E-state index is -0.149. The highest BCUT2D eigenvalue weighted by atomic mass is 32.1. The molecule has 0 unspecified atom stereocenters. The molecule has 2 aromatic rings. The molecule has 1 fully saturated rings. The lowest BCUT2D eigenvalue weighted by Gasteiger charge is -2.30. The molecule has 4 N–H and O–H groups in total. The fraction of sp³-hybridized carbons (Fsp3) is 0.421. The average molecular weight is 388 g/mol. The molecule has 1 aromatic heterocycles. The molecule has 1 aliphatic rings. The van der Waals surface area contributed by atoms with Gasteiger partial charge in [-0.3, -0.25) is 10.2 Å². The van der Waals surface area contributed by atoms with Crippen molar-refractivity contribution in [3.8, 4) is 11.3 Å². The van der Waals surface area contributed by atoms with Gasteiger partial charge in [-0.25, -0.2) is 4.98 Å². The number of piperidine rings is 1. The molecule has 1 saturated heterocycles. The molecule has 3 rings (SSSR count). The molecule has 0 saturated carbocycles. The Hall–Kier alpha value is -2.45. The molecule has 0 aliphatic carbocycles. The number of nitrogen functional groups attached to an aromatic ring is 1. The van der Waals surface area contributed by atoms with Gasteiger partial charge < -0.3 is 15.9 Å². The number of amidine groups is 1. The number of aromatic nitrogens is 1. The van der Waals surface area contributed by atoms with Crippen LogP contribution in [0, 0.1) is 5.41 Å². The standard InChI is InChI=1S/C19H25N5O2S/c1-2-3-17(25)26-24-10-8-15(9-11-24)22-19-23-16(12-27-19)13-4-6-14(7-5-13)18(20)21/h4-7,12,15H,2-3,8-11H2,1H3,(H3,20,21)(H,22,23). The summed E-state index contributed by atoms with van der Waals surface area (Å²) in [6, 6.07) is 7.85. The van der Waals surface area contributed by atoms with Crippen molar-refractivity contribution in [2.45, 2.75) is 38.6 Å². The molecule has 0 bridgehead atoms. The van der Waals surface area contributed by atoms with Gasteiger partial charge in [0.25, 0.3) is 0 Å². The number of nitrogens with zero attached hydrogens (tertiary/aromatic N) is 2. The van der Waals surface area contributed by atoms with E-state index in [9.17, 15) is 4.79 Å². The lowest BCUT2D eigenvalue weighted by Crippen LogP contribution is -2.40. The number of carbonyl (C=O) groups is 1. The predicted octanol–water partition coefficient (Wildman–Crippen LogP) is 3.23. The zero-order chi connectivity index (χ0) is 19.2. The van der Waals surface area contributed by atoms with Crippen molar-refractivity contribution in [1.29, 1.82) is 5.41 Å². The summed E-state index contributed by atoms with van der Waals surface area (Å²) in [5, 5.41) is 15.6. The van der Waals surface area contributed by atoms with Gasteiger partial charge in [0.2, 0.25) is 0 Å². The Bertz CT molecular complexity index is 782. The first-order valence-electron chi connectivity index (χ1n) is 9.17. The highest BCUT2D eigenvalue weighted by Crippen LogP contribution is 2.27. The quantitative estimate of drug-likeness (QED) is 0.498. The van der Waals surface area contributed by atoms with E-state index >= 15 is 0 Å². The molecular weight excluding hydrogens is 362 g/mol. The van der Waals surface area contributed by atoms with Crippen LogP contribution in [0.2, 0.25) is 0 Å². The molecule has 7 nitrogen and oxygen atoms in total. The van der Waals surface area contributed by atoms with E-state index in [1.807, 2.05) is 36.6 Å². The zero-order valence-electron chi connectivity index (χ0n) is 15.4. The van der Waals surface area contributed by atoms with Crippen LogP contribution in [-0.2, 0) is 9.63 Å². The van der Waals surface area contributed by atoms with E-state index in [0.29, 0.717) is 18.0 Å². The third-order valence-corrected chi connectivity index (χ3v) is 5.24. The van der Waals surface area contributed by atoms with Gasteiger partial charge in [-0.2, -0.15) is 0 Å². The van der Waals surface area contributed by atoms with Crippen molar-refractivity contribution in [3.63, 3.8) is 0 Å². The van der Waals surface area contributed by atoms with Crippen LogP contribution in [0.5, 0.6) is 0 Å². The number of thiazole rings is 1. The number of rotatable bonds is 7. The van der Waals surface area contributed by atoms with E-state index in [2.05, 4.69) is 10.3 Å². The average Bonchev–Trinajstić information content (AvgIpc) is 3.12. The molecule has 27 heavy (non-hydrogen) atoms. The summed E-state index contributed by atoms with van der Waals surface area (Å²) in [6.45, 7) is 3.44. The summed E-state index contributed by atoms with van der Waals surface area (Å²) in [4.78, 5) is 21.6. The van der Waals surface area contributed by atoms with E-state index in [4.69, 9.17) is 16.0 Å². The number of nitrogens with one attached hydrogen (secondary N) is 2. The predicted molar refractivity (Wildman–Crippen MR) is 108 cm³/mol. The van der Waals surface area contributed by atoms with Gasteiger partial charge in [0.05, 0.1) is 5.69 Å². The highest BCUT2D eigenvalue weighted by molar-refractivity contribution is 7.14. The lowest BCUT2D eigenvalue weighted by molar-refractivity contribution is -0.194. The minimum Gasteiger partial charge on any atom is -0.384 e. The largest absolute Gasteiger partial charge is 0.384 e. The fourth-order valence-corrected chi connectivity index (χ4v) is 3.75. The Morgan fingerprint density at radius 2 is 2.07 bits per heavy atom. The molecule has 0 amide bonds. The molecule has 1 aliphatic heterocycles. The summed E-state index contributed by atoms with van der Waals surface area (Å²) in [7, 11) is 0. The number of carbonyl (C=O) groups excluding carboxylic acids is 1. The van der Waals surface area contributed by atoms with E-state index in [1.54, 1.807) is 16.4 Å². The van der Waals surface area contributed by atoms with Gasteiger partial charge in [-0.1, -0.05) is 31.2 Å². The Morgan fingerprint density at radius 3 is 2.70 bits per heavy atom. The number of nitrogens with two attached hydrogens (primary N) is 1. The summed E-state index contributed by atoms with van der Waals surface area (Å²) in [5.74, 6) is -0.0850. The van der Waals surface area contributed by atoms with Gasteiger partial charge in [-0.05, 0) is 19.3 Å². The maximum Gasteiger partial charge on any atom is 0.325 e. The number of hydrogen-bond donors (Lipinski definition) is 3. The first-order valence-corrected chi connectivity index (χ1v) is 10.1. The van der Waals surface area contributed by atoms with Gasteiger partial charge >= 0.3 is 5.97 Å². The van der Waals surface area contributed by atoms with Crippen molar-refractivity contribution in [2.24, 2.45) is 5.73 Å². The summed E-state index contributed by atoms with van der Waals surface area (Å²) in [5.41, 5.74) is 8.11. The Balaban J connectivity index is 1.51. The first-order chi connectivity index (χ1) is 13.0. The van der Waals surface area contributed by atoms with Crippen molar-refractivity contribution in [3.05, 3.63) is 35.2 Å². The minimum absolute atomic E-state index is 0.0638. The molecule has 0 radical (unpaired) electrons. The SMILES string of the molecule is CCCC(=O)ON1CCC(Nc2nc(-c3ccc(C(=N)N)cc3)cs2)CC1. The smallest absolute Gasteiger partial charge is 0.325 e. The van der Waals surface area contributed by atoms with Crippen molar-refractivity contribution < 1.29 is 9.63 Å². The molecule has 2 heterocycles. The lowest BCUT2D eigenvalue weighted by atomic mass is 10.1. The second-order valence-electron chi connectivity index (χ2n) is 6.59. The van der Waals surface area contributed by atoms with Gasteiger partial charge in [0.1, 0.15) is 5.84 Å². The molecule has 0 atom stereocenters. The second-order valence-corrected chi connectivity index (χ2v) is 7.45. The molecule has 1 aromatic carbocycles. The maximum atomic E-state index is 11.6. The van der Waals surface area contributed by atoms with Crippen molar-refractivity contribution in [2.75, 3.05) is 18.4 Å². The van der Waals surface area contributed by atoms with Crippen molar-refractivity contribution in [1.82, 2.24) is 10.0 Å². The molecule has 0 spiro atoms. The van der Waals surface area contributed by atoms with Gasteiger partial charge in [0.15, 0.2) is 5.13 Å². The fourth-order valence-electron chi connectivity index (χ4n) is 2.95. The Labute approximate surface area is 163 Å². The highest BCUT2D eigenvalue weighted by Gasteiger charge is 2.22. The Kier molecular flexibility index (Phi) is 6.41. The van der Waals surface area contributed by atoms with Crippen LogP contribution in [0.1, 0.15) is 38.2 Å². The first kappa shape index (κ1) is 19.3. The number of hydroxylamine groups is 2. The zero-order valence-corrected chi connectivity index (χ0v) is 16.2. The third kappa shape index (κ3) is 5.27. The Morgan fingerprint density at radius 1 is 1.37 bits per heavy atom. The number of anilines is 1. The van der Waals surface area contributed by atoms with Crippen LogP contribution in [0.3, 0.4) is 0 Å². The van der Waals surface area contributed by atoms with Crippen LogP contribution in [0.15, 0.2) is 29.6 Å². The molecule has 144 valence electrons. The monoisotopic (exact) mass is 387 g/mol. The van der Waals surface area contributed by atoms with Crippen molar-refractivity contribution >= 4 is 28.3 Å². The number of benzene rings is 1. The maximum absolute atomic E-state index is 11.6. The normalized spacial score (nSPS) is 15.4. The third-order valence-electron chi connectivity index (χ3n) is 4.46. The van der Waals surface area contributed by atoms with Crippen LogP contribution < -0.4 is 11.1 Å². The van der Waals surface area contributed by atoms with Crippen LogP contribution in [0.4, 0.5) is 5.13 Å². The van der Waals surface area contributed by atoms with Crippen LogP contribution in [-0.4, -0.2) is 41.0 Å². The van der Waals surface area contributed by atoms with E-state index in [0.717, 1.165) is 48.7 Å². The summed E-state index contributed by atoms with van der Waals surface area (Å²) >= 11 is 1.58. The van der Waals surface area contributed by atoms with E-state index in [-0.39, 0.29) is 11.8 Å². The topological polar surface area (TPSA) is 104 Å². The van der Waals surface area contributed by atoms with E-state index in [1.165, 1.54) is 0 Å².